The number of carbonyl (C=O) groups is 2. The average Bonchev–Trinajstić information content (AvgIpc) is 2.33. The molecule has 0 aliphatic carbocycles. The number of ether oxygens (including phenoxy) is 2. The zero-order chi connectivity index (χ0) is 13.8. The van der Waals surface area contributed by atoms with Crippen molar-refractivity contribution in [3.63, 3.8) is 0 Å². The zero-order valence-corrected chi connectivity index (χ0v) is 10.4. The van der Waals surface area contributed by atoms with Gasteiger partial charge in [-0.15, -0.1) is 0 Å². The van der Waals surface area contributed by atoms with Crippen LogP contribution in [0.1, 0.15) is 6.42 Å². The summed E-state index contributed by atoms with van der Waals surface area (Å²) in [6, 6.07) is -0.750. The molecule has 8 nitrogen and oxygen atoms in total. The van der Waals surface area contributed by atoms with Crippen LogP contribution >= 0.6 is 0 Å². The van der Waals surface area contributed by atoms with Gasteiger partial charge in [-0.2, -0.15) is 0 Å². The summed E-state index contributed by atoms with van der Waals surface area (Å²) < 4.78 is 10.1. The number of rotatable bonds is 11. The molecule has 0 aromatic heterocycles. The number of nitrogens with two attached hydrogens (primary N) is 3. The van der Waals surface area contributed by atoms with Crippen LogP contribution in [0.25, 0.3) is 0 Å². The van der Waals surface area contributed by atoms with E-state index in [0.29, 0.717) is 26.2 Å². The quantitative estimate of drug-likeness (QED) is 0.298. The summed E-state index contributed by atoms with van der Waals surface area (Å²) in [6.07, 6.45) is 0.306. The third-order valence-corrected chi connectivity index (χ3v) is 2.00. The summed E-state index contributed by atoms with van der Waals surface area (Å²) >= 11 is 0. The van der Waals surface area contributed by atoms with Crippen LogP contribution in [0.5, 0.6) is 0 Å². The first-order chi connectivity index (χ1) is 8.61. The topological polar surface area (TPSA) is 143 Å². The van der Waals surface area contributed by atoms with Crippen molar-refractivity contribution in [2.75, 3.05) is 39.5 Å². The van der Waals surface area contributed by atoms with E-state index in [9.17, 15) is 9.59 Å². The number of primary amides is 1. The van der Waals surface area contributed by atoms with Gasteiger partial charge in [0, 0.05) is 6.54 Å². The number of amides is 2. The van der Waals surface area contributed by atoms with Gasteiger partial charge in [-0.1, -0.05) is 0 Å². The van der Waals surface area contributed by atoms with Gasteiger partial charge in [-0.25, -0.2) is 0 Å². The Kier molecular flexibility index (Phi) is 10.2. The van der Waals surface area contributed by atoms with Gasteiger partial charge in [0.05, 0.1) is 19.8 Å². The molecule has 0 saturated carbocycles. The van der Waals surface area contributed by atoms with Gasteiger partial charge in [0.1, 0.15) is 12.6 Å². The molecule has 7 N–H and O–H groups in total. The second-order valence-electron chi connectivity index (χ2n) is 3.55. The van der Waals surface area contributed by atoms with Crippen LogP contribution < -0.4 is 22.5 Å². The summed E-state index contributed by atoms with van der Waals surface area (Å²) in [6.45, 7) is 1.66. The molecular formula is C10H22N4O4. The Labute approximate surface area is 106 Å². The zero-order valence-electron chi connectivity index (χ0n) is 10.4. The molecule has 0 spiro atoms. The standard InChI is InChI=1S/C10H22N4O4/c11-2-1-8(10(13)16)14-9(15)7-18-6-5-17-4-3-12/h8H,1-7,11-12H2,(H2,13,16)(H,14,15)/t8-/m0/s1. The SMILES string of the molecule is NCCOCCOCC(=O)N[C@@H](CCN)C(N)=O. The van der Waals surface area contributed by atoms with Crippen molar-refractivity contribution in [1.29, 1.82) is 0 Å². The number of hydrogen-bond donors (Lipinski definition) is 4. The molecule has 0 radical (unpaired) electrons. The predicted molar refractivity (Wildman–Crippen MR) is 65.5 cm³/mol. The van der Waals surface area contributed by atoms with Crippen LogP contribution in [0, 0.1) is 0 Å². The van der Waals surface area contributed by atoms with E-state index in [4.69, 9.17) is 26.7 Å². The first-order valence-electron chi connectivity index (χ1n) is 5.76. The van der Waals surface area contributed by atoms with Gasteiger partial charge in [0.15, 0.2) is 0 Å². The Morgan fingerprint density at radius 1 is 1.06 bits per heavy atom. The fraction of sp³-hybridized carbons (Fsp3) is 0.800. The molecule has 0 unspecified atom stereocenters. The van der Waals surface area contributed by atoms with Crippen molar-refractivity contribution in [2.24, 2.45) is 17.2 Å². The maximum Gasteiger partial charge on any atom is 0.246 e. The van der Waals surface area contributed by atoms with Crippen molar-refractivity contribution in [3.8, 4) is 0 Å². The maximum atomic E-state index is 11.4. The van der Waals surface area contributed by atoms with Crippen LogP contribution in [-0.2, 0) is 19.1 Å². The van der Waals surface area contributed by atoms with E-state index >= 15 is 0 Å². The minimum absolute atomic E-state index is 0.152. The molecule has 0 aromatic carbocycles. The highest BCUT2D eigenvalue weighted by molar-refractivity contribution is 5.86. The summed E-state index contributed by atoms with van der Waals surface area (Å²) in [5.41, 5.74) is 15.6. The first-order valence-corrected chi connectivity index (χ1v) is 5.76. The molecule has 106 valence electrons. The molecular weight excluding hydrogens is 240 g/mol. The highest BCUT2D eigenvalue weighted by atomic mass is 16.5. The average molecular weight is 262 g/mol. The second-order valence-corrected chi connectivity index (χ2v) is 3.55. The Hall–Kier alpha value is -1.22. The molecule has 0 rings (SSSR count). The van der Waals surface area contributed by atoms with E-state index in [1.165, 1.54) is 0 Å². The lowest BCUT2D eigenvalue weighted by molar-refractivity contribution is -0.130. The van der Waals surface area contributed by atoms with Crippen LogP contribution in [0.3, 0.4) is 0 Å². The van der Waals surface area contributed by atoms with Crippen LogP contribution in [0.2, 0.25) is 0 Å². The third-order valence-electron chi connectivity index (χ3n) is 2.00. The van der Waals surface area contributed by atoms with Crippen molar-refractivity contribution in [3.05, 3.63) is 0 Å². The molecule has 0 saturated heterocycles. The largest absolute Gasteiger partial charge is 0.378 e. The van der Waals surface area contributed by atoms with Crippen LogP contribution in [0.4, 0.5) is 0 Å². The molecule has 0 bridgehead atoms. The molecule has 18 heavy (non-hydrogen) atoms. The molecule has 8 heteroatoms. The van der Waals surface area contributed by atoms with Gasteiger partial charge >= 0.3 is 0 Å². The fourth-order valence-electron chi connectivity index (χ4n) is 1.16. The highest BCUT2D eigenvalue weighted by Gasteiger charge is 2.16. The molecule has 0 aliphatic heterocycles. The van der Waals surface area contributed by atoms with E-state index < -0.39 is 17.9 Å². The lowest BCUT2D eigenvalue weighted by Gasteiger charge is -2.14. The van der Waals surface area contributed by atoms with Crippen molar-refractivity contribution in [2.45, 2.75) is 12.5 Å². The van der Waals surface area contributed by atoms with Gasteiger partial charge in [0.25, 0.3) is 0 Å². The lowest BCUT2D eigenvalue weighted by Crippen LogP contribution is -2.46. The fourth-order valence-corrected chi connectivity index (χ4v) is 1.16. The van der Waals surface area contributed by atoms with Crippen molar-refractivity contribution < 1.29 is 19.1 Å². The summed E-state index contributed by atoms with van der Waals surface area (Å²) in [7, 11) is 0. The summed E-state index contributed by atoms with van der Waals surface area (Å²) in [4.78, 5) is 22.3. The monoisotopic (exact) mass is 262 g/mol. The second kappa shape index (κ2) is 10.9. The van der Waals surface area contributed by atoms with Gasteiger partial charge in [0.2, 0.25) is 11.8 Å². The molecule has 0 fully saturated rings. The van der Waals surface area contributed by atoms with Gasteiger partial charge in [-0.3, -0.25) is 9.59 Å². The lowest BCUT2D eigenvalue weighted by atomic mass is 10.2. The molecule has 0 heterocycles. The smallest absolute Gasteiger partial charge is 0.246 e. The van der Waals surface area contributed by atoms with Crippen molar-refractivity contribution >= 4 is 11.8 Å². The number of nitrogens with one attached hydrogen (secondary N) is 1. The number of carbonyl (C=O) groups excluding carboxylic acids is 2. The Bertz CT molecular complexity index is 250. The normalized spacial score (nSPS) is 12.1. The third kappa shape index (κ3) is 8.88. The molecule has 0 aromatic rings. The van der Waals surface area contributed by atoms with E-state index in [1.54, 1.807) is 0 Å². The van der Waals surface area contributed by atoms with E-state index in [-0.39, 0.29) is 19.8 Å². The molecule has 1 atom stereocenters. The number of hydrogen-bond acceptors (Lipinski definition) is 6. The van der Waals surface area contributed by atoms with Gasteiger partial charge in [-0.05, 0) is 13.0 Å². The van der Waals surface area contributed by atoms with E-state index in [0.717, 1.165) is 0 Å². The Morgan fingerprint density at radius 2 is 1.72 bits per heavy atom. The molecule has 0 aliphatic rings. The van der Waals surface area contributed by atoms with Crippen LogP contribution in [0.15, 0.2) is 0 Å². The van der Waals surface area contributed by atoms with E-state index in [2.05, 4.69) is 5.32 Å². The van der Waals surface area contributed by atoms with Crippen LogP contribution in [-0.4, -0.2) is 57.4 Å². The minimum atomic E-state index is -0.750. The van der Waals surface area contributed by atoms with Gasteiger partial charge < -0.3 is 32.0 Å². The highest BCUT2D eigenvalue weighted by Crippen LogP contribution is 1.89. The predicted octanol–water partition coefficient (Wildman–Crippen LogP) is -2.70. The van der Waals surface area contributed by atoms with E-state index in [1.807, 2.05) is 0 Å². The van der Waals surface area contributed by atoms with Crippen molar-refractivity contribution in [1.82, 2.24) is 5.32 Å². The summed E-state index contributed by atoms with van der Waals surface area (Å²) in [5.74, 6) is -1.02. The maximum absolute atomic E-state index is 11.4. The minimum Gasteiger partial charge on any atom is -0.378 e. The summed E-state index contributed by atoms with van der Waals surface area (Å²) in [5, 5.41) is 2.44. The Balaban J connectivity index is 3.65. The Morgan fingerprint density at radius 3 is 2.28 bits per heavy atom. The first kappa shape index (κ1) is 16.8. The molecule has 2 amide bonds.